The number of fused-ring (bicyclic) bond motifs is 1. The highest BCUT2D eigenvalue weighted by molar-refractivity contribution is 14.1. The molecule has 232 valence electrons. The molecule has 0 bridgehead atoms. The van der Waals surface area contributed by atoms with Crippen molar-refractivity contribution in [3.05, 3.63) is 115 Å². The molecule has 45 heavy (non-hydrogen) atoms. The fourth-order valence-corrected chi connectivity index (χ4v) is 5.89. The summed E-state index contributed by atoms with van der Waals surface area (Å²) in [5.74, 6) is 2.81. The summed E-state index contributed by atoms with van der Waals surface area (Å²) in [4.78, 5) is 18.9. The molecule has 0 unspecified atom stereocenters. The molecule has 0 radical (unpaired) electrons. The van der Waals surface area contributed by atoms with Crippen molar-refractivity contribution in [2.45, 2.75) is 54.1 Å². The first-order valence-corrected chi connectivity index (χ1v) is 16.3. The van der Waals surface area contributed by atoms with Crippen molar-refractivity contribution in [1.82, 2.24) is 9.66 Å². The van der Waals surface area contributed by atoms with Gasteiger partial charge >= 0.3 is 0 Å². The van der Waals surface area contributed by atoms with E-state index in [0.717, 1.165) is 37.1 Å². The maximum absolute atomic E-state index is 13.9. The highest BCUT2D eigenvalue weighted by Gasteiger charge is 2.19. The molecule has 5 rings (SSSR count). The first kappa shape index (κ1) is 32.2. The second kappa shape index (κ2) is 14.3. The zero-order chi connectivity index (χ0) is 32.1. The fourth-order valence-electron chi connectivity index (χ4n) is 5.11. The Kier molecular flexibility index (Phi) is 10.2. The Morgan fingerprint density at radius 1 is 0.911 bits per heavy atom. The van der Waals surface area contributed by atoms with Crippen molar-refractivity contribution in [2.24, 2.45) is 5.10 Å². The molecule has 0 aliphatic rings. The molecule has 0 aliphatic heterocycles. The molecule has 7 nitrogen and oxygen atoms in total. The number of hydrogen-bond donors (Lipinski definition) is 0. The van der Waals surface area contributed by atoms with Gasteiger partial charge in [-0.1, -0.05) is 55.8 Å². The largest absolute Gasteiger partial charge is 0.494 e. The number of halogens is 1. The minimum Gasteiger partial charge on any atom is -0.494 e. The van der Waals surface area contributed by atoms with Gasteiger partial charge in [0.05, 0.1) is 33.9 Å². The van der Waals surface area contributed by atoms with Gasteiger partial charge < -0.3 is 14.2 Å². The van der Waals surface area contributed by atoms with E-state index < -0.39 is 0 Å². The van der Waals surface area contributed by atoms with E-state index in [9.17, 15) is 4.79 Å². The van der Waals surface area contributed by atoms with Gasteiger partial charge in [0.2, 0.25) is 0 Å². The summed E-state index contributed by atoms with van der Waals surface area (Å²) < 4.78 is 20.4. The van der Waals surface area contributed by atoms with Crippen molar-refractivity contribution < 1.29 is 14.2 Å². The number of rotatable bonds is 11. The Bertz CT molecular complexity index is 1910. The molecule has 0 N–H and O–H groups in total. The summed E-state index contributed by atoms with van der Waals surface area (Å²) in [6.07, 6.45) is 1.67. The topological polar surface area (TPSA) is 74.9 Å². The minimum atomic E-state index is -0.246. The van der Waals surface area contributed by atoms with E-state index >= 15 is 0 Å². The van der Waals surface area contributed by atoms with E-state index in [4.69, 9.17) is 24.3 Å². The molecule has 0 saturated heterocycles. The van der Waals surface area contributed by atoms with Gasteiger partial charge in [-0.15, -0.1) is 0 Å². The van der Waals surface area contributed by atoms with E-state index in [2.05, 4.69) is 73.7 Å². The standard InChI is InChI=1S/C37H38IN3O4/c1-7-43-33-17-25(6)30(20-29(33)23(3)4)36-40-32-12-10-9-11-28(32)37(42)41(36)39-21-27-18-31(38)35(34(19-27)44-8-2)45-22-26-15-13-24(5)14-16-26/h9-21,23H,7-8,22H2,1-6H3. The first-order chi connectivity index (χ1) is 21.7. The molecule has 5 aromatic rings. The van der Waals surface area contributed by atoms with E-state index in [1.165, 1.54) is 10.2 Å². The summed E-state index contributed by atoms with van der Waals surface area (Å²) in [5, 5.41) is 5.23. The van der Waals surface area contributed by atoms with Crippen LogP contribution in [0.15, 0.2) is 82.7 Å². The van der Waals surface area contributed by atoms with E-state index in [0.29, 0.717) is 48.0 Å². The molecule has 0 aliphatic carbocycles. The Morgan fingerprint density at radius 3 is 2.33 bits per heavy atom. The average molecular weight is 716 g/mol. The third-order valence-corrected chi connectivity index (χ3v) is 8.23. The molecule has 0 saturated carbocycles. The van der Waals surface area contributed by atoms with Crippen LogP contribution in [0.2, 0.25) is 0 Å². The zero-order valence-corrected chi connectivity index (χ0v) is 28.7. The van der Waals surface area contributed by atoms with Crippen LogP contribution >= 0.6 is 22.6 Å². The summed E-state index contributed by atoms with van der Waals surface area (Å²) in [6.45, 7) is 13.7. The third-order valence-electron chi connectivity index (χ3n) is 7.43. The molecule has 4 aromatic carbocycles. The van der Waals surface area contributed by atoms with Gasteiger partial charge in [0.25, 0.3) is 5.56 Å². The van der Waals surface area contributed by atoms with Crippen molar-refractivity contribution in [1.29, 1.82) is 0 Å². The molecule has 8 heteroatoms. The lowest BCUT2D eigenvalue weighted by Gasteiger charge is -2.18. The number of aromatic nitrogens is 2. The quantitative estimate of drug-likeness (QED) is 0.101. The van der Waals surface area contributed by atoms with Crippen LogP contribution in [-0.4, -0.2) is 29.1 Å². The molecule has 1 aromatic heterocycles. The van der Waals surface area contributed by atoms with Crippen molar-refractivity contribution in [3.63, 3.8) is 0 Å². The molecule has 0 amide bonds. The highest BCUT2D eigenvalue weighted by atomic mass is 127. The van der Waals surface area contributed by atoms with Crippen molar-refractivity contribution >= 4 is 39.7 Å². The third kappa shape index (κ3) is 7.22. The van der Waals surface area contributed by atoms with Crippen LogP contribution in [0.25, 0.3) is 22.3 Å². The lowest BCUT2D eigenvalue weighted by molar-refractivity contribution is 0.267. The lowest BCUT2D eigenvalue weighted by Crippen LogP contribution is -2.21. The average Bonchev–Trinajstić information content (AvgIpc) is 3.01. The predicted octanol–water partition coefficient (Wildman–Crippen LogP) is 8.67. The number of para-hydroxylation sites is 1. The highest BCUT2D eigenvalue weighted by Crippen LogP contribution is 2.36. The lowest BCUT2D eigenvalue weighted by atomic mass is 9.96. The van der Waals surface area contributed by atoms with Gasteiger partial charge in [-0.25, -0.2) is 4.98 Å². The van der Waals surface area contributed by atoms with Gasteiger partial charge in [0.15, 0.2) is 17.3 Å². The minimum absolute atomic E-state index is 0.209. The summed E-state index contributed by atoms with van der Waals surface area (Å²) in [5.41, 5.74) is 6.23. The van der Waals surface area contributed by atoms with Crippen LogP contribution in [0.5, 0.6) is 17.2 Å². The molecular weight excluding hydrogens is 677 g/mol. The van der Waals surface area contributed by atoms with Crippen LogP contribution in [0.1, 0.15) is 61.4 Å². The molecule has 0 spiro atoms. The van der Waals surface area contributed by atoms with Crippen molar-refractivity contribution in [3.8, 4) is 28.6 Å². The number of aryl methyl sites for hydroxylation is 2. The second-order valence-electron chi connectivity index (χ2n) is 11.1. The van der Waals surface area contributed by atoms with Gasteiger partial charge in [0, 0.05) is 5.56 Å². The number of benzene rings is 4. The number of nitrogens with zero attached hydrogens (tertiary/aromatic N) is 3. The van der Waals surface area contributed by atoms with Gasteiger partial charge in [-0.3, -0.25) is 4.79 Å². The maximum atomic E-state index is 13.9. The van der Waals surface area contributed by atoms with Crippen LogP contribution < -0.4 is 19.8 Å². The Labute approximate surface area is 278 Å². The summed E-state index contributed by atoms with van der Waals surface area (Å²) in [6, 6.07) is 23.6. The van der Waals surface area contributed by atoms with Crippen LogP contribution in [-0.2, 0) is 6.61 Å². The van der Waals surface area contributed by atoms with Crippen LogP contribution in [0.4, 0.5) is 0 Å². The summed E-state index contributed by atoms with van der Waals surface area (Å²) >= 11 is 2.25. The fraction of sp³-hybridized carbons (Fsp3) is 0.270. The molecule has 1 heterocycles. The van der Waals surface area contributed by atoms with E-state index in [1.807, 2.05) is 57.2 Å². The Hall–Kier alpha value is -4.18. The van der Waals surface area contributed by atoms with Gasteiger partial charge in [-0.2, -0.15) is 9.78 Å². The normalized spacial score (nSPS) is 11.5. The first-order valence-electron chi connectivity index (χ1n) is 15.2. The molecular formula is C37H38IN3O4. The zero-order valence-electron chi connectivity index (χ0n) is 26.6. The number of ether oxygens (including phenoxy) is 3. The molecule has 0 fully saturated rings. The molecule has 0 atom stereocenters. The summed E-state index contributed by atoms with van der Waals surface area (Å²) in [7, 11) is 0. The Morgan fingerprint density at radius 2 is 1.62 bits per heavy atom. The van der Waals surface area contributed by atoms with Crippen LogP contribution in [0, 0.1) is 17.4 Å². The number of hydrogen-bond acceptors (Lipinski definition) is 6. The smallest absolute Gasteiger partial charge is 0.282 e. The SMILES string of the molecule is CCOc1cc(C)c(-c2nc3ccccc3c(=O)n2N=Cc2cc(I)c(OCc3ccc(C)cc3)c(OCC)c2)cc1C(C)C. The van der Waals surface area contributed by atoms with Crippen LogP contribution in [0.3, 0.4) is 0 Å². The van der Waals surface area contributed by atoms with E-state index in [-0.39, 0.29) is 11.5 Å². The Balaban J connectivity index is 1.59. The van der Waals surface area contributed by atoms with Gasteiger partial charge in [0.1, 0.15) is 12.4 Å². The van der Waals surface area contributed by atoms with Gasteiger partial charge in [-0.05, 0) is 115 Å². The maximum Gasteiger partial charge on any atom is 0.282 e. The van der Waals surface area contributed by atoms with Crippen molar-refractivity contribution in [2.75, 3.05) is 13.2 Å². The monoisotopic (exact) mass is 715 g/mol. The second-order valence-corrected chi connectivity index (χ2v) is 12.3. The van der Waals surface area contributed by atoms with E-state index in [1.54, 1.807) is 12.3 Å². The predicted molar refractivity (Wildman–Crippen MR) is 190 cm³/mol.